The van der Waals surface area contributed by atoms with Crippen LogP contribution in [0.1, 0.15) is 26.7 Å². The monoisotopic (exact) mass is 312 g/mol. The molecule has 0 saturated carbocycles. The maximum atomic E-state index is 11.8. The molecule has 1 aromatic carbocycles. The molecule has 0 fully saturated rings. The molecule has 0 saturated heterocycles. The van der Waals surface area contributed by atoms with Crippen LogP contribution in [0, 0.1) is 5.92 Å². The Labute approximate surface area is 127 Å². The average Bonchev–Trinajstić information content (AvgIpc) is 2.37. The van der Waals surface area contributed by atoms with Gasteiger partial charge in [-0.25, -0.2) is 12.7 Å². The van der Waals surface area contributed by atoms with E-state index in [0.717, 1.165) is 12.1 Å². The van der Waals surface area contributed by atoms with Gasteiger partial charge in [-0.15, -0.1) is 0 Å². The molecule has 5 nitrogen and oxygen atoms in total. The van der Waals surface area contributed by atoms with E-state index in [1.807, 2.05) is 32.0 Å². The molecule has 0 aromatic heterocycles. The molecular weight excluding hydrogens is 288 g/mol. The highest BCUT2D eigenvalue weighted by Gasteiger charge is 2.18. The van der Waals surface area contributed by atoms with E-state index in [1.54, 1.807) is 12.1 Å². The zero-order valence-electron chi connectivity index (χ0n) is 12.9. The van der Waals surface area contributed by atoms with Crippen molar-refractivity contribution in [1.82, 2.24) is 4.31 Å². The van der Waals surface area contributed by atoms with Gasteiger partial charge in [0.15, 0.2) is 0 Å². The molecular formula is C15H24N2O3S. The van der Waals surface area contributed by atoms with Gasteiger partial charge in [-0.1, -0.05) is 32.0 Å². The standard InChI is InChI=1S/C15H24N2O3S/c1-13(2)9-11-17(21(3,19)20)12-10-15(18)16-14-7-5-4-6-8-14/h4-8,13H,9-12H2,1-3H3,(H,16,18). The van der Waals surface area contributed by atoms with Crippen LogP contribution in [-0.4, -0.2) is 38.0 Å². The van der Waals surface area contributed by atoms with Crippen LogP contribution in [0.15, 0.2) is 30.3 Å². The first kappa shape index (κ1) is 17.7. The number of rotatable bonds is 8. The highest BCUT2D eigenvalue weighted by atomic mass is 32.2. The minimum atomic E-state index is -3.28. The van der Waals surface area contributed by atoms with Gasteiger partial charge < -0.3 is 5.32 Å². The quantitative estimate of drug-likeness (QED) is 0.801. The van der Waals surface area contributed by atoms with E-state index in [1.165, 1.54) is 10.6 Å². The Balaban J connectivity index is 2.50. The molecule has 6 heteroatoms. The highest BCUT2D eigenvalue weighted by molar-refractivity contribution is 7.88. The van der Waals surface area contributed by atoms with Crippen LogP contribution >= 0.6 is 0 Å². The summed E-state index contributed by atoms with van der Waals surface area (Å²) >= 11 is 0. The van der Waals surface area contributed by atoms with Gasteiger partial charge in [0.25, 0.3) is 0 Å². The molecule has 1 amide bonds. The Bertz CT molecular complexity index is 541. The number of nitrogens with zero attached hydrogens (tertiary/aromatic N) is 1. The predicted molar refractivity (Wildman–Crippen MR) is 85.6 cm³/mol. The topological polar surface area (TPSA) is 66.5 Å². The van der Waals surface area contributed by atoms with E-state index >= 15 is 0 Å². The second-order valence-electron chi connectivity index (χ2n) is 5.51. The van der Waals surface area contributed by atoms with Gasteiger partial charge in [-0.05, 0) is 24.5 Å². The lowest BCUT2D eigenvalue weighted by Gasteiger charge is -2.20. The summed E-state index contributed by atoms with van der Waals surface area (Å²) in [4.78, 5) is 11.8. The van der Waals surface area contributed by atoms with Gasteiger partial charge in [0.05, 0.1) is 6.26 Å². The van der Waals surface area contributed by atoms with Gasteiger partial charge in [0.1, 0.15) is 0 Å². The Kier molecular flexibility index (Phi) is 6.84. The zero-order chi connectivity index (χ0) is 15.9. The molecule has 0 bridgehead atoms. The molecule has 118 valence electrons. The fourth-order valence-corrected chi connectivity index (χ4v) is 2.68. The molecule has 0 aliphatic heterocycles. The predicted octanol–water partition coefficient (Wildman–Crippen LogP) is 2.32. The lowest BCUT2D eigenvalue weighted by atomic mass is 10.1. The molecule has 0 spiro atoms. The van der Waals surface area contributed by atoms with Crippen LogP contribution in [-0.2, 0) is 14.8 Å². The van der Waals surface area contributed by atoms with Crippen molar-refractivity contribution in [3.63, 3.8) is 0 Å². The first-order chi connectivity index (χ1) is 9.79. The lowest BCUT2D eigenvalue weighted by molar-refractivity contribution is -0.116. The number of carbonyl (C=O) groups is 1. The maximum Gasteiger partial charge on any atom is 0.225 e. The van der Waals surface area contributed by atoms with Crippen LogP contribution in [0.4, 0.5) is 5.69 Å². The van der Waals surface area contributed by atoms with Gasteiger partial charge in [-0.2, -0.15) is 0 Å². The van der Waals surface area contributed by atoms with E-state index in [9.17, 15) is 13.2 Å². The average molecular weight is 312 g/mol. The summed E-state index contributed by atoms with van der Waals surface area (Å²) in [6.07, 6.45) is 2.12. The molecule has 1 aromatic rings. The molecule has 0 heterocycles. The fourth-order valence-electron chi connectivity index (χ4n) is 1.82. The number of anilines is 1. The summed E-state index contributed by atoms with van der Waals surface area (Å²) in [5, 5.41) is 2.75. The number of sulfonamides is 1. The summed E-state index contributed by atoms with van der Waals surface area (Å²) in [5.41, 5.74) is 0.718. The molecule has 1 N–H and O–H groups in total. The van der Waals surface area contributed by atoms with Crippen molar-refractivity contribution in [1.29, 1.82) is 0 Å². The van der Waals surface area contributed by atoms with Crippen molar-refractivity contribution in [2.45, 2.75) is 26.7 Å². The number of hydrogen-bond donors (Lipinski definition) is 1. The van der Waals surface area contributed by atoms with Gasteiger partial charge in [-0.3, -0.25) is 4.79 Å². The smallest absolute Gasteiger partial charge is 0.225 e. The normalized spacial score (nSPS) is 11.9. The first-order valence-electron chi connectivity index (χ1n) is 7.09. The number of hydrogen-bond acceptors (Lipinski definition) is 3. The Hall–Kier alpha value is -1.40. The molecule has 21 heavy (non-hydrogen) atoms. The number of carbonyl (C=O) groups excluding carboxylic acids is 1. The second-order valence-corrected chi connectivity index (χ2v) is 7.49. The first-order valence-corrected chi connectivity index (χ1v) is 8.94. The molecule has 0 aliphatic rings. The van der Waals surface area contributed by atoms with Gasteiger partial charge in [0.2, 0.25) is 15.9 Å². The van der Waals surface area contributed by atoms with E-state index in [4.69, 9.17) is 0 Å². The van der Waals surface area contributed by atoms with E-state index in [0.29, 0.717) is 12.5 Å². The Morgan fingerprint density at radius 3 is 2.33 bits per heavy atom. The van der Waals surface area contributed by atoms with Crippen LogP contribution in [0.2, 0.25) is 0 Å². The summed E-state index contributed by atoms with van der Waals surface area (Å²) < 4.78 is 24.8. The van der Waals surface area contributed by atoms with E-state index in [2.05, 4.69) is 5.32 Å². The minimum Gasteiger partial charge on any atom is -0.326 e. The third-order valence-electron chi connectivity index (χ3n) is 3.07. The van der Waals surface area contributed by atoms with E-state index in [-0.39, 0.29) is 18.9 Å². The second kappa shape index (κ2) is 8.14. The number of benzene rings is 1. The van der Waals surface area contributed by atoms with Crippen molar-refractivity contribution in [3.05, 3.63) is 30.3 Å². The van der Waals surface area contributed by atoms with Gasteiger partial charge in [0, 0.05) is 25.2 Å². The molecule has 1 rings (SSSR count). The number of amides is 1. The van der Waals surface area contributed by atoms with Crippen molar-refractivity contribution < 1.29 is 13.2 Å². The minimum absolute atomic E-state index is 0.153. The van der Waals surface area contributed by atoms with E-state index < -0.39 is 10.0 Å². The van der Waals surface area contributed by atoms with Crippen molar-refractivity contribution in [3.8, 4) is 0 Å². The Morgan fingerprint density at radius 1 is 1.19 bits per heavy atom. The third-order valence-corrected chi connectivity index (χ3v) is 4.37. The SMILES string of the molecule is CC(C)CCN(CCC(=O)Nc1ccccc1)S(C)(=O)=O. The fraction of sp³-hybridized carbons (Fsp3) is 0.533. The number of nitrogens with one attached hydrogen (secondary N) is 1. The van der Waals surface area contributed by atoms with Gasteiger partial charge >= 0.3 is 0 Å². The van der Waals surface area contributed by atoms with Crippen LogP contribution in [0.25, 0.3) is 0 Å². The molecule has 0 atom stereocenters. The number of para-hydroxylation sites is 1. The maximum absolute atomic E-state index is 11.8. The zero-order valence-corrected chi connectivity index (χ0v) is 13.7. The van der Waals surface area contributed by atoms with Crippen molar-refractivity contribution >= 4 is 21.6 Å². The van der Waals surface area contributed by atoms with Crippen LogP contribution in [0.5, 0.6) is 0 Å². The largest absolute Gasteiger partial charge is 0.326 e. The lowest BCUT2D eigenvalue weighted by Crippen LogP contribution is -2.34. The van der Waals surface area contributed by atoms with Crippen LogP contribution < -0.4 is 5.32 Å². The third kappa shape index (κ3) is 7.24. The van der Waals surface area contributed by atoms with Crippen LogP contribution in [0.3, 0.4) is 0 Å². The summed E-state index contributed by atoms with van der Waals surface area (Å²) in [6, 6.07) is 9.13. The molecule has 0 aliphatic carbocycles. The highest BCUT2D eigenvalue weighted by Crippen LogP contribution is 2.09. The van der Waals surface area contributed by atoms with Crippen molar-refractivity contribution in [2.24, 2.45) is 5.92 Å². The molecule has 0 radical (unpaired) electrons. The van der Waals surface area contributed by atoms with Crippen molar-refractivity contribution in [2.75, 3.05) is 24.7 Å². The summed E-state index contributed by atoms with van der Waals surface area (Å²) in [6.45, 7) is 4.75. The molecule has 0 unspecified atom stereocenters. The summed E-state index contributed by atoms with van der Waals surface area (Å²) in [5.74, 6) is 0.242. The summed E-state index contributed by atoms with van der Waals surface area (Å²) in [7, 11) is -3.28. The Morgan fingerprint density at radius 2 is 1.81 bits per heavy atom.